The van der Waals surface area contributed by atoms with Crippen molar-refractivity contribution in [3.8, 4) is 5.88 Å². The maximum absolute atomic E-state index is 12.9. The van der Waals surface area contributed by atoms with Crippen molar-refractivity contribution < 1.29 is 14.3 Å². The zero-order chi connectivity index (χ0) is 17.3. The average molecular weight is 325 g/mol. The number of carbonyl (C=O) groups is 1. The summed E-state index contributed by atoms with van der Waals surface area (Å²) >= 11 is 0. The fourth-order valence-corrected chi connectivity index (χ4v) is 2.39. The lowest BCUT2D eigenvalue weighted by atomic mass is 10.0. The monoisotopic (exact) mass is 325 g/mol. The van der Waals surface area contributed by atoms with Gasteiger partial charge in [-0.15, -0.1) is 10.2 Å². The Morgan fingerprint density at radius 3 is 2.54 bits per heavy atom. The second-order valence-corrected chi connectivity index (χ2v) is 5.79. The molecule has 24 heavy (non-hydrogen) atoms. The molecule has 0 aliphatic rings. The zero-order valence-corrected chi connectivity index (χ0v) is 13.2. The molecule has 2 N–H and O–H groups in total. The van der Waals surface area contributed by atoms with Crippen molar-refractivity contribution in [1.29, 1.82) is 0 Å². The van der Waals surface area contributed by atoms with Gasteiger partial charge in [0.15, 0.2) is 5.69 Å². The molecule has 3 aromatic rings. The van der Waals surface area contributed by atoms with Crippen LogP contribution < -0.4 is 0 Å². The van der Waals surface area contributed by atoms with Crippen molar-refractivity contribution in [2.45, 2.75) is 19.8 Å². The molecule has 0 spiro atoms. The molecule has 0 saturated carbocycles. The number of H-pyrrole nitrogens is 1. The standard InChI is InChI=1S/C18H16FN3O2/c1-10(2)12-5-8-15-14(9-12)16(18(24)20-15)21-22-17(23)11-3-6-13(19)7-4-11/h3-10,20,24H,1-2H3. The van der Waals surface area contributed by atoms with E-state index in [4.69, 9.17) is 0 Å². The number of carbonyl (C=O) groups excluding carboxylic acids is 1. The molecule has 6 heteroatoms. The molecule has 1 heterocycles. The fourth-order valence-electron chi connectivity index (χ4n) is 2.39. The van der Waals surface area contributed by atoms with Gasteiger partial charge < -0.3 is 10.1 Å². The van der Waals surface area contributed by atoms with Gasteiger partial charge in [-0.1, -0.05) is 19.9 Å². The molecule has 0 fully saturated rings. The zero-order valence-electron chi connectivity index (χ0n) is 13.2. The van der Waals surface area contributed by atoms with Crippen molar-refractivity contribution in [1.82, 2.24) is 4.98 Å². The van der Waals surface area contributed by atoms with Crippen LogP contribution in [0.15, 0.2) is 52.7 Å². The van der Waals surface area contributed by atoms with Gasteiger partial charge in [0.05, 0.1) is 5.52 Å². The summed E-state index contributed by atoms with van der Waals surface area (Å²) in [4.78, 5) is 14.8. The fraction of sp³-hybridized carbons (Fsp3) is 0.167. The second-order valence-electron chi connectivity index (χ2n) is 5.79. The van der Waals surface area contributed by atoms with Gasteiger partial charge in [-0.25, -0.2) is 4.39 Å². The quantitative estimate of drug-likeness (QED) is 0.660. The third-order valence-electron chi connectivity index (χ3n) is 3.77. The van der Waals surface area contributed by atoms with Gasteiger partial charge in [0.1, 0.15) is 5.82 Å². The molecule has 3 rings (SSSR count). The van der Waals surface area contributed by atoms with Gasteiger partial charge in [0.25, 0.3) is 5.91 Å². The molecule has 1 aromatic heterocycles. The maximum atomic E-state index is 12.9. The third kappa shape index (κ3) is 3.03. The number of rotatable bonds is 3. The first-order chi connectivity index (χ1) is 11.5. The molecular weight excluding hydrogens is 309 g/mol. The Bertz CT molecular complexity index is 927. The Kier molecular flexibility index (Phi) is 4.12. The van der Waals surface area contributed by atoms with E-state index >= 15 is 0 Å². The molecule has 1 amide bonds. The molecule has 0 saturated heterocycles. The summed E-state index contributed by atoms with van der Waals surface area (Å²) in [7, 11) is 0. The molecule has 122 valence electrons. The SMILES string of the molecule is CC(C)c1ccc2[nH]c(O)c(N=NC(=O)c3ccc(F)cc3)c2c1. The summed E-state index contributed by atoms with van der Waals surface area (Å²) in [5.74, 6) is -0.874. The van der Waals surface area contributed by atoms with E-state index in [-0.39, 0.29) is 17.1 Å². The Balaban J connectivity index is 1.96. The number of halogens is 1. The summed E-state index contributed by atoms with van der Waals surface area (Å²) in [6.07, 6.45) is 0. The molecule has 5 nitrogen and oxygen atoms in total. The number of aromatic nitrogens is 1. The number of aromatic amines is 1. The highest BCUT2D eigenvalue weighted by atomic mass is 19.1. The second kappa shape index (κ2) is 6.23. The Labute approximate surface area is 137 Å². The lowest BCUT2D eigenvalue weighted by Gasteiger charge is -2.04. The number of fused-ring (bicyclic) bond motifs is 1. The van der Waals surface area contributed by atoms with Crippen molar-refractivity contribution >= 4 is 22.5 Å². The van der Waals surface area contributed by atoms with Gasteiger partial charge in [0, 0.05) is 10.9 Å². The number of nitrogens with zero attached hydrogens (tertiary/aromatic N) is 2. The third-order valence-corrected chi connectivity index (χ3v) is 3.77. The van der Waals surface area contributed by atoms with Gasteiger partial charge in [-0.05, 0) is 47.9 Å². The summed E-state index contributed by atoms with van der Waals surface area (Å²) in [6, 6.07) is 10.8. The van der Waals surface area contributed by atoms with Gasteiger partial charge >= 0.3 is 0 Å². The highest BCUT2D eigenvalue weighted by Crippen LogP contribution is 2.37. The topological polar surface area (TPSA) is 77.8 Å². The minimum absolute atomic E-state index is 0.151. The smallest absolute Gasteiger partial charge is 0.295 e. The summed E-state index contributed by atoms with van der Waals surface area (Å²) in [5, 5.41) is 18.2. The summed E-state index contributed by atoms with van der Waals surface area (Å²) in [6.45, 7) is 4.12. The molecule has 0 unspecified atom stereocenters. The highest BCUT2D eigenvalue weighted by molar-refractivity contribution is 5.97. The first kappa shape index (κ1) is 15.9. The van der Waals surface area contributed by atoms with E-state index in [1.165, 1.54) is 24.3 Å². The minimum Gasteiger partial charge on any atom is -0.493 e. The Morgan fingerprint density at radius 1 is 1.17 bits per heavy atom. The van der Waals surface area contributed by atoms with Gasteiger partial charge in [-0.3, -0.25) is 4.79 Å². The van der Waals surface area contributed by atoms with Crippen LogP contribution in [0.1, 0.15) is 35.7 Å². The highest BCUT2D eigenvalue weighted by Gasteiger charge is 2.13. The van der Waals surface area contributed by atoms with E-state index in [1.807, 2.05) is 18.2 Å². The number of hydrogen-bond donors (Lipinski definition) is 2. The van der Waals surface area contributed by atoms with Gasteiger partial charge in [0.2, 0.25) is 5.88 Å². The van der Waals surface area contributed by atoms with E-state index in [1.54, 1.807) is 0 Å². The van der Waals surface area contributed by atoms with E-state index in [9.17, 15) is 14.3 Å². The van der Waals surface area contributed by atoms with E-state index < -0.39 is 11.7 Å². The molecule has 0 bridgehead atoms. The van der Waals surface area contributed by atoms with Crippen LogP contribution in [0.25, 0.3) is 10.9 Å². The number of amides is 1. The summed E-state index contributed by atoms with van der Waals surface area (Å²) < 4.78 is 12.9. The minimum atomic E-state index is -0.608. The normalized spacial score (nSPS) is 11.7. The lowest BCUT2D eigenvalue weighted by molar-refractivity contribution is 0.0995. The number of nitrogens with one attached hydrogen (secondary N) is 1. The maximum Gasteiger partial charge on any atom is 0.295 e. The van der Waals surface area contributed by atoms with Gasteiger partial charge in [-0.2, -0.15) is 0 Å². The Morgan fingerprint density at radius 2 is 1.88 bits per heavy atom. The predicted octanol–water partition coefficient (Wildman–Crippen LogP) is 5.06. The van der Waals surface area contributed by atoms with E-state index in [0.717, 1.165) is 5.56 Å². The van der Waals surface area contributed by atoms with Crippen molar-refractivity contribution in [2.24, 2.45) is 10.2 Å². The van der Waals surface area contributed by atoms with Crippen LogP contribution in [0.4, 0.5) is 10.1 Å². The number of hydrogen-bond acceptors (Lipinski definition) is 3. The largest absolute Gasteiger partial charge is 0.493 e. The average Bonchev–Trinajstić information content (AvgIpc) is 2.87. The molecule has 0 atom stereocenters. The molecule has 0 radical (unpaired) electrons. The van der Waals surface area contributed by atoms with Crippen molar-refractivity contribution in [3.05, 3.63) is 59.4 Å². The molecular formula is C18H16FN3O2. The van der Waals surface area contributed by atoms with Crippen molar-refractivity contribution in [3.63, 3.8) is 0 Å². The van der Waals surface area contributed by atoms with E-state index in [0.29, 0.717) is 16.8 Å². The summed E-state index contributed by atoms with van der Waals surface area (Å²) in [5.41, 5.74) is 2.23. The number of azo groups is 1. The van der Waals surface area contributed by atoms with Crippen molar-refractivity contribution in [2.75, 3.05) is 0 Å². The van der Waals surface area contributed by atoms with Crippen LogP contribution in [-0.2, 0) is 0 Å². The number of benzene rings is 2. The predicted molar refractivity (Wildman–Crippen MR) is 89.3 cm³/mol. The van der Waals surface area contributed by atoms with Crippen LogP contribution >= 0.6 is 0 Å². The molecule has 0 aliphatic carbocycles. The molecule has 0 aliphatic heterocycles. The first-order valence-electron chi connectivity index (χ1n) is 7.52. The van der Waals surface area contributed by atoms with Crippen LogP contribution in [0.2, 0.25) is 0 Å². The van der Waals surface area contributed by atoms with Crippen LogP contribution in [0.5, 0.6) is 5.88 Å². The number of aromatic hydroxyl groups is 1. The van der Waals surface area contributed by atoms with E-state index in [2.05, 4.69) is 29.1 Å². The van der Waals surface area contributed by atoms with Crippen LogP contribution in [0.3, 0.4) is 0 Å². The van der Waals surface area contributed by atoms with Crippen LogP contribution in [0, 0.1) is 5.82 Å². The first-order valence-corrected chi connectivity index (χ1v) is 7.52. The Hall–Kier alpha value is -3.02. The lowest BCUT2D eigenvalue weighted by Crippen LogP contribution is -1.93. The molecule has 2 aromatic carbocycles. The van der Waals surface area contributed by atoms with Crippen LogP contribution in [-0.4, -0.2) is 16.0 Å².